The summed E-state index contributed by atoms with van der Waals surface area (Å²) >= 11 is 3.23. The third-order valence-electron chi connectivity index (χ3n) is 2.97. The largest absolute Gasteiger partial charge is 0.416 e. The molecule has 0 radical (unpaired) electrons. The Labute approximate surface area is 127 Å². The number of nitrogens with one attached hydrogen (secondary N) is 1. The molecule has 114 valence electrons. The molecular weight excluding hydrogens is 349 g/mol. The van der Waals surface area contributed by atoms with Gasteiger partial charge in [0.2, 0.25) is 0 Å². The van der Waals surface area contributed by atoms with E-state index in [0.29, 0.717) is 22.5 Å². The van der Waals surface area contributed by atoms with Crippen LogP contribution >= 0.6 is 15.9 Å². The van der Waals surface area contributed by atoms with Gasteiger partial charge in [0.25, 0.3) is 5.56 Å². The van der Waals surface area contributed by atoms with Gasteiger partial charge >= 0.3 is 6.18 Å². The summed E-state index contributed by atoms with van der Waals surface area (Å²) in [6.45, 7) is 4.03. The first-order valence-corrected chi connectivity index (χ1v) is 7.16. The standard InChI is InChI=1S/C14H14BrF3N2O/c1-8(2)7-11-12(15)13(21)20(19-11)10-5-3-9(4-6-10)14(16,17)18/h3-6,8,19H,7H2,1-2H3. The molecule has 1 heterocycles. The Morgan fingerprint density at radius 2 is 1.81 bits per heavy atom. The van der Waals surface area contributed by atoms with E-state index in [0.717, 1.165) is 17.8 Å². The Kier molecular flexibility index (Phi) is 4.32. The fourth-order valence-electron chi connectivity index (χ4n) is 1.99. The van der Waals surface area contributed by atoms with Crippen molar-refractivity contribution in [2.45, 2.75) is 26.4 Å². The van der Waals surface area contributed by atoms with Crippen molar-refractivity contribution in [3.63, 3.8) is 0 Å². The molecule has 0 aliphatic rings. The predicted molar refractivity (Wildman–Crippen MR) is 77.6 cm³/mol. The average molecular weight is 363 g/mol. The van der Waals surface area contributed by atoms with Crippen LogP contribution in [-0.4, -0.2) is 9.78 Å². The van der Waals surface area contributed by atoms with Crippen molar-refractivity contribution in [1.29, 1.82) is 0 Å². The minimum Gasteiger partial charge on any atom is -0.294 e. The van der Waals surface area contributed by atoms with Crippen LogP contribution in [0, 0.1) is 5.92 Å². The van der Waals surface area contributed by atoms with Crippen LogP contribution in [0.25, 0.3) is 5.69 Å². The topological polar surface area (TPSA) is 37.8 Å². The highest BCUT2D eigenvalue weighted by Gasteiger charge is 2.30. The van der Waals surface area contributed by atoms with Crippen LogP contribution in [0.15, 0.2) is 33.5 Å². The van der Waals surface area contributed by atoms with E-state index >= 15 is 0 Å². The fourth-order valence-corrected chi connectivity index (χ4v) is 2.41. The van der Waals surface area contributed by atoms with Crippen molar-refractivity contribution in [3.05, 3.63) is 50.3 Å². The SMILES string of the molecule is CC(C)Cc1[nH]n(-c2ccc(C(F)(F)F)cc2)c(=O)c1Br. The van der Waals surface area contributed by atoms with E-state index in [1.807, 2.05) is 13.8 Å². The highest BCUT2D eigenvalue weighted by molar-refractivity contribution is 9.10. The number of nitrogens with zero attached hydrogens (tertiary/aromatic N) is 1. The van der Waals surface area contributed by atoms with Gasteiger partial charge in [-0.15, -0.1) is 0 Å². The number of aromatic nitrogens is 2. The van der Waals surface area contributed by atoms with Gasteiger partial charge in [-0.3, -0.25) is 9.89 Å². The zero-order chi connectivity index (χ0) is 15.8. The molecule has 1 N–H and O–H groups in total. The number of rotatable bonds is 3. The number of hydrogen-bond donors (Lipinski definition) is 1. The number of halogens is 4. The molecule has 7 heteroatoms. The molecule has 0 saturated heterocycles. The second-order valence-electron chi connectivity index (χ2n) is 5.19. The van der Waals surface area contributed by atoms with Gasteiger partial charge in [-0.05, 0) is 52.5 Å². The highest BCUT2D eigenvalue weighted by Crippen LogP contribution is 2.29. The molecule has 0 aliphatic carbocycles. The van der Waals surface area contributed by atoms with Gasteiger partial charge in [0.15, 0.2) is 0 Å². The van der Waals surface area contributed by atoms with Crippen LogP contribution in [0.1, 0.15) is 25.1 Å². The summed E-state index contributed by atoms with van der Waals surface area (Å²) in [6, 6.07) is 4.45. The third-order valence-corrected chi connectivity index (χ3v) is 3.79. The molecule has 0 bridgehead atoms. The third kappa shape index (κ3) is 3.40. The van der Waals surface area contributed by atoms with E-state index in [1.165, 1.54) is 16.8 Å². The molecule has 2 rings (SSSR count). The lowest BCUT2D eigenvalue weighted by molar-refractivity contribution is -0.137. The number of hydrogen-bond acceptors (Lipinski definition) is 1. The second-order valence-corrected chi connectivity index (χ2v) is 5.98. The van der Waals surface area contributed by atoms with Gasteiger partial charge in [-0.1, -0.05) is 13.8 Å². The van der Waals surface area contributed by atoms with Crippen molar-refractivity contribution in [2.24, 2.45) is 5.92 Å². The Bertz CT molecular complexity index is 684. The van der Waals surface area contributed by atoms with Gasteiger partial charge in [0.05, 0.1) is 16.9 Å². The van der Waals surface area contributed by atoms with Gasteiger partial charge in [-0.2, -0.15) is 13.2 Å². The first kappa shape index (κ1) is 15.9. The number of H-pyrrole nitrogens is 1. The second kappa shape index (κ2) is 5.71. The molecule has 2 aromatic rings. The predicted octanol–water partition coefficient (Wildman–Crippen LogP) is 4.15. The summed E-state index contributed by atoms with van der Waals surface area (Å²) in [7, 11) is 0. The minimum atomic E-state index is -4.39. The molecule has 21 heavy (non-hydrogen) atoms. The van der Waals surface area contributed by atoms with E-state index < -0.39 is 11.7 Å². The lowest BCUT2D eigenvalue weighted by Gasteiger charge is -2.08. The van der Waals surface area contributed by atoms with E-state index in [9.17, 15) is 18.0 Å². The summed E-state index contributed by atoms with van der Waals surface area (Å²) < 4.78 is 39.2. The summed E-state index contributed by atoms with van der Waals surface area (Å²) in [5.41, 5.74) is 0.0383. The average Bonchev–Trinajstić information content (AvgIpc) is 2.66. The molecule has 0 unspecified atom stereocenters. The normalized spacial score (nSPS) is 12.1. The number of aromatic amines is 1. The smallest absolute Gasteiger partial charge is 0.294 e. The maximum atomic E-state index is 12.5. The molecule has 0 aliphatic heterocycles. The Morgan fingerprint density at radius 3 is 2.29 bits per heavy atom. The first-order valence-electron chi connectivity index (χ1n) is 6.37. The van der Waals surface area contributed by atoms with E-state index in [4.69, 9.17) is 0 Å². The maximum absolute atomic E-state index is 12.5. The van der Waals surface area contributed by atoms with Gasteiger partial charge in [0, 0.05) is 0 Å². The summed E-state index contributed by atoms with van der Waals surface area (Å²) in [5.74, 6) is 0.348. The monoisotopic (exact) mass is 362 g/mol. The maximum Gasteiger partial charge on any atom is 0.416 e. The van der Waals surface area contributed by atoms with Crippen molar-refractivity contribution >= 4 is 15.9 Å². The number of benzene rings is 1. The zero-order valence-electron chi connectivity index (χ0n) is 11.5. The van der Waals surface area contributed by atoms with Crippen molar-refractivity contribution in [3.8, 4) is 5.69 Å². The molecule has 0 spiro atoms. The van der Waals surface area contributed by atoms with Gasteiger partial charge in [-0.25, -0.2) is 4.68 Å². The first-order chi connectivity index (χ1) is 9.70. The quantitative estimate of drug-likeness (QED) is 0.874. The van der Waals surface area contributed by atoms with Crippen molar-refractivity contribution in [2.75, 3.05) is 0 Å². The zero-order valence-corrected chi connectivity index (χ0v) is 13.0. The van der Waals surface area contributed by atoms with Crippen LogP contribution in [0.3, 0.4) is 0 Å². The Balaban J connectivity index is 2.41. The minimum absolute atomic E-state index is 0.314. The molecule has 1 aromatic carbocycles. The van der Waals surface area contributed by atoms with Gasteiger partial charge < -0.3 is 0 Å². The van der Waals surface area contributed by atoms with E-state index in [-0.39, 0.29) is 5.56 Å². The molecule has 1 aromatic heterocycles. The van der Waals surface area contributed by atoms with Crippen LogP contribution < -0.4 is 5.56 Å². The highest BCUT2D eigenvalue weighted by atomic mass is 79.9. The fraction of sp³-hybridized carbons (Fsp3) is 0.357. The summed E-state index contributed by atoms with van der Waals surface area (Å²) in [6.07, 6.45) is -3.72. The molecule has 0 atom stereocenters. The van der Waals surface area contributed by atoms with Crippen molar-refractivity contribution < 1.29 is 13.2 Å². The molecule has 0 amide bonds. The van der Waals surface area contributed by atoms with Crippen LogP contribution in [0.2, 0.25) is 0 Å². The Morgan fingerprint density at radius 1 is 1.24 bits per heavy atom. The number of alkyl halides is 3. The van der Waals surface area contributed by atoms with Gasteiger partial charge in [0.1, 0.15) is 4.47 Å². The van der Waals surface area contributed by atoms with Crippen LogP contribution in [-0.2, 0) is 12.6 Å². The summed E-state index contributed by atoms with van der Waals surface area (Å²) in [4.78, 5) is 12.1. The molecule has 3 nitrogen and oxygen atoms in total. The van der Waals surface area contributed by atoms with Crippen LogP contribution in [0.4, 0.5) is 13.2 Å². The Hall–Kier alpha value is -1.50. The molecule has 0 fully saturated rings. The summed E-state index contributed by atoms with van der Waals surface area (Å²) in [5, 5.41) is 2.93. The molecule has 0 saturated carbocycles. The van der Waals surface area contributed by atoms with E-state index in [1.54, 1.807) is 0 Å². The molecular formula is C14H14BrF3N2O. The van der Waals surface area contributed by atoms with E-state index in [2.05, 4.69) is 21.0 Å². The lowest BCUT2D eigenvalue weighted by Crippen LogP contribution is -2.15. The lowest BCUT2D eigenvalue weighted by atomic mass is 10.1. The van der Waals surface area contributed by atoms with Crippen molar-refractivity contribution in [1.82, 2.24) is 9.78 Å². The van der Waals surface area contributed by atoms with Crippen LogP contribution in [0.5, 0.6) is 0 Å².